The van der Waals surface area contributed by atoms with Crippen molar-refractivity contribution in [3.8, 4) is 11.8 Å². The van der Waals surface area contributed by atoms with Gasteiger partial charge in [-0.25, -0.2) is 0 Å². The van der Waals surface area contributed by atoms with Crippen LogP contribution in [-0.4, -0.2) is 17.0 Å². The van der Waals surface area contributed by atoms with Crippen LogP contribution in [0.5, 0.6) is 0 Å². The Labute approximate surface area is 115 Å². The van der Waals surface area contributed by atoms with E-state index in [0.717, 1.165) is 5.56 Å². The van der Waals surface area contributed by atoms with E-state index in [-0.39, 0.29) is 5.78 Å². The highest BCUT2D eigenvalue weighted by Gasteiger charge is 2.28. The molecule has 1 aromatic carbocycles. The average Bonchev–Trinajstić information content (AvgIpc) is 2.37. The van der Waals surface area contributed by atoms with Crippen molar-refractivity contribution in [2.24, 2.45) is 5.41 Å². The van der Waals surface area contributed by atoms with E-state index in [9.17, 15) is 9.90 Å². The summed E-state index contributed by atoms with van der Waals surface area (Å²) in [6.07, 6.45) is 0.520. The van der Waals surface area contributed by atoms with Crippen LogP contribution in [0, 0.1) is 17.3 Å². The molecule has 1 aromatic rings. The van der Waals surface area contributed by atoms with E-state index < -0.39 is 11.5 Å². The summed E-state index contributed by atoms with van der Waals surface area (Å²) < 4.78 is 0. The molecule has 0 heterocycles. The molecule has 19 heavy (non-hydrogen) atoms. The Bertz CT molecular complexity index is 522. The molecule has 0 fully saturated rings. The van der Waals surface area contributed by atoms with Crippen molar-refractivity contribution < 1.29 is 9.90 Å². The topological polar surface area (TPSA) is 37.3 Å². The van der Waals surface area contributed by atoms with Crippen molar-refractivity contribution in [2.75, 3.05) is 0 Å². The van der Waals surface area contributed by atoms with E-state index in [2.05, 4.69) is 11.8 Å². The smallest absolute Gasteiger partial charge is 0.170 e. The van der Waals surface area contributed by atoms with Gasteiger partial charge in [0.2, 0.25) is 0 Å². The van der Waals surface area contributed by atoms with E-state index in [0.29, 0.717) is 5.57 Å². The lowest BCUT2D eigenvalue weighted by atomic mass is 9.85. The molecule has 0 aliphatic rings. The van der Waals surface area contributed by atoms with Crippen LogP contribution in [-0.2, 0) is 4.79 Å². The van der Waals surface area contributed by atoms with Crippen LogP contribution >= 0.6 is 0 Å². The molecule has 0 spiro atoms. The molecule has 0 amide bonds. The van der Waals surface area contributed by atoms with Gasteiger partial charge >= 0.3 is 0 Å². The van der Waals surface area contributed by atoms with Crippen LogP contribution in [0.1, 0.15) is 33.3 Å². The normalized spacial score (nSPS) is 13.4. The van der Waals surface area contributed by atoms with Crippen LogP contribution < -0.4 is 0 Å². The number of carbonyl (C=O) groups is 1. The zero-order chi connectivity index (χ0) is 14.5. The second kappa shape index (κ2) is 6.36. The standard InChI is InChI=1S/C17H20O2/c1-13(15(18)16(19)17(2,3)4)9-8-12-14-10-6-5-7-11-14/h5-7,9-11,15,18H,1-4H3/b13-9+. The summed E-state index contributed by atoms with van der Waals surface area (Å²) in [5.74, 6) is 5.63. The molecule has 0 aliphatic carbocycles. The van der Waals surface area contributed by atoms with E-state index in [4.69, 9.17) is 0 Å². The van der Waals surface area contributed by atoms with Crippen molar-refractivity contribution >= 4 is 5.78 Å². The second-order valence-electron chi connectivity index (χ2n) is 5.54. The maximum atomic E-state index is 11.9. The number of aliphatic hydroxyl groups excluding tert-OH is 1. The molecule has 1 rings (SSSR count). The van der Waals surface area contributed by atoms with E-state index >= 15 is 0 Å². The third-order valence-corrected chi connectivity index (χ3v) is 2.71. The monoisotopic (exact) mass is 256 g/mol. The van der Waals surface area contributed by atoms with Gasteiger partial charge in [-0.05, 0) is 30.7 Å². The average molecular weight is 256 g/mol. The van der Waals surface area contributed by atoms with E-state index in [1.807, 2.05) is 30.3 Å². The number of allylic oxidation sites excluding steroid dienone is 1. The summed E-state index contributed by atoms with van der Waals surface area (Å²) in [4.78, 5) is 11.9. The Morgan fingerprint density at radius 3 is 2.37 bits per heavy atom. The van der Waals surface area contributed by atoms with Crippen molar-refractivity contribution in [3.63, 3.8) is 0 Å². The maximum absolute atomic E-state index is 11.9. The molecular formula is C17H20O2. The SMILES string of the molecule is C/C(=C\C#Cc1ccccc1)C(O)C(=O)C(C)(C)C. The predicted octanol–water partition coefficient (Wildman–Crippen LogP) is 2.96. The summed E-state index contributed by atoms with van der Waals surface area (Å²) in [6, 6.07) is 9.58. The van der Waals surface area contributed by atoms with Gasteiger partial charge in [0, 0.05) is 11.0 Å². The predicted molar refractivity (Wildman–Crippen MR) is 77.5 cm³/mol. The van der Waals surface area contributed by atoms with Crippen molar-refractivity contribution in [2.45, 2.75) is 33.8 Å². The lowest BCUT2D eigenvalue weighted by Gasteiger charge is -2.20. The van der Waals surface area contributed by atoms with Gasteiger partial charge in [-0.3, -0.25) is 4.79 Å². The van der Waals surface area contributed by atoms with E-state index in [1.165, 1.54) is 0 Å². The number of ketones is 1. The van der Waals surface area contributed by atoms with Gasteiger partial charge in [-0.1, -0.05) is 50.8 Å². The van der Waals surface area contributed by atoms with Crippen molar-refractivity contribution in [1.29, 1.82) is 0 Å². The minimum atomic E-state index is -1.08. The first-order valence-corrected chi connectivity index (χ1v) is 6.28. The highest BCUT2D eigenvalue weighted by molar-refractivity contribution is 5.90. The van der Waals surface area contributed by atoms with Gasteiger partial charge in [0.15, 0.2) is 5.78 Å². The summed E-state index contributed by atoms with van der Waals surface area (Å²) in [6.45, 7) is 7.10. The fourth-order valence-corrected chi connectivity index (χ4v) is 1.45. The molecule has 2 heteroatoms. The third kappa shape index (κ3) is 4.73. The van der Waals surface area contributed by atoms with Gasteiger partial charge in [-0.15, -0.1) is 0 Å². The van der Waals surface area contributed by atoms with Gasteiger partial charge in [0.1, 0.15) is 6.10 Å². The molecular weight excluding hydrogens is 236 g/mol. The molecule has 0 saturated carbocycles. The zero-order valence-electron chi connectivity index (χ0n) is 11.9. The number of Topliss-reactive ketones (excluding diaryl/α,β-unsaturated/α-hetero) is 1. The van der Waals surface area contributed by atoms with Crippen LogP contribution in [0.4, 0.5) is 0 Å². The highest BCUT2D eigenvalue weighted by Crippen LogP contribution is 2.19. The minimum Gasteiger partial charge on any atom is -0.381 e. The summed E-state index contributed by atoms with van der Waals surface area (Å²) >= 11 is 0. The zero-order valence-corrected chi connectivity index (χ0v) is 11.9. The number of aliphatic hydroxyl groups is 1. The van der Waals surface area contributed by atoms with Crippen LogP contribution in [0.3, 0.4) is 0 Å². The van der Waals surface area contributed by atoms with Gasteiger partial charge in [0.25, 0.3) is 0 Å². The lowest BCUT2D eigenvalue weighted by molar-refractivity contribution is -0.133. The lowest BCUT2D eigenvalue weighted by Crippen LogP contribution is -2.33. The fraction of sp³-hybridized carbons (Fsp3) is 0.353. The molecule has 0 aliphatic heterocycles. The molecule has 2 nitrogen and oxygen atoms in total. The number of carbonyl (C=O) groups excluding carboxylic acids is 1. The van der Waals surface area contributed by atoms with Crippen LogP contribution in [0.25, 0.3) is 0 Å². The Hall–Kier alpha value is -1.85. The first kappa shape index (κ1) is 15.2. The quantitative estimate of drug-likeness (QED) is 0.826. The largest absolute Gasteiger partial charge is 0.381 e. The Morgan fingerprint density at radius 1 is 1.26 bits per heavy atom. The van der Waals surface area contributed by atoms with Gasteiger partial charge < -0.3 is 5.11 Å². The second-order valence-corrected chi connectivity index (χ2v) is 5.54. The number of hydrogen-bond acceptors (Lipinski definition) is 2. The molecule has 0 saturated heterocycles. The van der Waals surface area contributed by atoms with Crippen LogP contribution in [0.2, 0.25) is 0 Å². The van der Waals surface area contributed by atoms with Gasteiger partial charge in [-0.2, -0.15) is 0 Å². The number of rotatable bonds is 2. The van der Waals surface area contributed by atoms with Crippen LogP contribution in [0.15, 0.2) is 42.0 Å². The minimum absolute atomic E-state index is 0.192. The summed E-state index contributed by atoms with van der Waals surface area (Å²) in [7, 11) is 0. The first-order chi connectivity index (χ1) is 8.82. The molecule has 0 radical (unpaired) electrons. The highest BCUT2D eigenvalue weighted by atomic mass is 16.3. The Morgan fingerprint density at radius 2 is 1.84 bits per heavy atom. The number of hydrogen-bond donors (Lipinski definition) is 1. The molecule has 100 valence electrons. The molecule has 1 N–H and O–H groups in total. The van der Waals surface area contributed by atoms with Crippen molar-refractivity contribution in [3.05, 3.63) is 47.5 Å². The Kier molecular flexibility index (Phi) is 5.09. The molecule has 0 aromatic heterocycles. The Balaban J connectivity index is 2.79. The molecule has 1 atom stereocenters. The maximum Gasteiger partial charge on any atom is 0.170 e. The van der Waals surface area contributed by atoms with E-state index in [1.54, 1.807) is 33.8 Å². The van der Waals surface area contributed by atoms with Gasteiger partial charge in [0.05, 0.1) is 0 Å². The third-order valence-electron chi connectivity index (χ3n) is 2.71. The number of benzene rings is 1. The first-order valence-electron chi connectivity index (χ1n) is 6.28. The molecule has 1 unspecified atom stereocenters. The fourth-order valence-electron chi connectivity index (χ4n) is 1.45. The summed E-state index contributed by atoms with van der Waals surface area (Å²) in [5, 5.41) is 9.93. The summed E-state index contributed by atoms with van der Waals surface area (Å²) in [5.41, 5.74) is 0.924. The van der Waals surface area contributed by atoms with Crippen molar-refractivity contribution in [1.82, 2.24) is 0 Å². The molecule has 0 bridgehead atoms.